The van der Waals surface area contributed by atoms with E-state index in [1.807, 2.05) is 12.1 Å². The van der Waals surface area contributed by atoms with E-state index in [0.717, 1.165) is 15.3 Å². The van der Waals surface area contributed by atoms with E-state index >= 15 is 0 Å². The van der Waals surface area contributed by atoms with Crippen molar-refractivity contribution in [3.63, 3.8) is 0 Å². The molecule has 17 heavy (non-hydrogen) atoms. The Bertz CT molecular complexity index is 454. The maximum Gasteiger partial charge on any atom is 0.122 e. The van der Waals surface area contributed by atoms with Crippen LogP contribution in [0, 0.1) is 3.57 Å². The molecule has 0 saturated carbocycles. The molecule has 0 unspecified atom stereocenters. The summed E-state index contributed by atoms with van der Waals surface area (Å²) in [5.74, 6) is -0.405. The normalized spacial score (nSPS) is 13.2. The fraction of sp³-hybridized carbons (Fsp3) is 0.154. The van der Waals surface area contributed by atoms with Gasteiger partial charge in [-0.05, 0) is 53.3 Å². The third-order valence-electron chi connectivity index (χ3n) is 2.16. The van der Waals surface area contributed by atoms with Crippen molar-refractivity contribution in [2.75, 3.05) is 0 Å². The Kier molecular flexibility index (Phi) is 5.50. The molecular formula is C13H14FIN2. The van der Waals surface area contributed by atoms with Crippen molar-refractivity contribution in [3.05, 3.63) is 64.3 Å². The molecule has 0 fully saturated rings. The van der Waals surface area contributed by atoms with Crippen LogP contribution in [-0.4, -0.2) is 4.98 Å². The van der Waals surface area contributed by atoms with E-state index in [9.17, 15) is 4.39 Å². The summed E-state index contributed by atoms with van der Waals surface area (Å²) in [4.78, 5) is 4.22. The molecule has 2 nitrogen and oxygen atoms in total. The van der Waals surface area contributed by atoms with Crippen LogP contribution in [0.15, 0.2) is 55.0 Å². The summed E-state index contributed by atoms with van der Waals surface area (Å²) in [6.07, 6.45) is 4.64. The number of halogens is 2. The molecule has 4 heteroatoms. The van der Waals surface area contributed by atoms with Crippen LogP contribution in [0.4, 0.5) is 4.39 Å². The molecule has 0 saturated heterocycles. The summed E-state index contributed by atoms with van der Waals surface area (Å²) >= 11 is 2.18. The van der Waals surface area contributed by atoms with Gasteiger partial charge in [0.15, 0.2) is 0 Å². The molecule has 1 heterocycles. The maximum atomic E-state index is 12.9. The number of rotatable bonds is 5. The molecule has 1 rings (SSSR count). The van der Waals surface area contributed by atoms with Crippen LogP contribution in [-0.2, 0) is 0 Å². The van der Waals surface area contributed by atoms with Crippen molar-refractivity contribution in [2.45, 2.75) is 12.5 Å². The highest BCUT2D eigenvalue weighted by molar-refractivity contribution is 14.1. The Labute approximate surface area is 114 Å². The molecule has 1 aromatic heterocycles. The minimum Gasteiger partial charge on any atom is -0.322 e. The van der Waals surface area contributed by atoms with Gasteiger partial charge in [0, 0.05) is 9.77 Å². The van der Waals surface area contributed by atoms with E-state index in [-0.39, 0.29) is 6.04 Å². The predicted molar refractivity (Wildman–Crippen MR) is 77.0 cm³/mol. The monoisotopic (exact) mass is 344 g/mol. The average Bonchev–Trinajstić information content (AvgIpc) is 2.29. The molecule has 0 bridgehead atoms. The van der Waals surface area contributed by atoms with Gasteiger partial charge in [-0.25, -0.2) is 4.39 Å². The summed E-state index contributed by atoms with van der Waals surface area (Å²) in [5.41, 5.74) is 7.44. The molecule has 1 atom stereocenters. The van der Waals surface area contributed by atoms with E-state index in [0.29, 0.717) is 12.0 Å². The van der Waals surface area contributed by atoms with Crippen molar-refractivity contribution >= 4 is 22.6 Å². The summed E-state index contributed by atoms with van der Waals surface area (Å²) < 4.78 is 13.9. The summed E-state index contributed by atoms with van der Waals surface area (Å²) in [7, 11) is 0. The second kappa shape index (κ2) is 6.66. The summed E-state index contributed by atoms with van der Waals surface area (Å²) in [6, 6.07) is 3.51. The maximum absolute atomic E-state index is 12.9. The second-order valence-electron chi connectivity index (χ2n) is 3.57. The SMILES string of the molecule is C=C/C(F)=C\C(=C)C[C@H](N)c1ncccc1I. The van der Waals surface area contributed by atoms with Crippen molar-refractivity contribution in [2.24, 2.45) is 5.73 Å². The molecular weight excluding hydrogens is 330 g/mol. The van der Waals surface area contributed by atoms with E-state index in [1.165, 1.54) is 6.08 Å². The fourth-order valence-corrected chi connectivity index (χ4v) is 2.11. The first kappa shape index (κ1) is 14.1. The highest BCUT2D eigenvalue weighted by atomic mass is 127. The molecule has 0 radical (unpaired) electrons. The van der Waals surface area contributed by atoms with Gasteiger partial charge >= 0.3 is 0 Å². The van der Waals surface area contributed by atoms with Gasteiger partial charge in [0.05, 0.1) is 11.7 Å². The first-order chi connectivity index (χ1) is 8.04. The van der Waals surface area contributed by atoms with Gasteiger partial charge in [0.25, 0.3) is 0 Å². The number of nitrogens with two attached hydrogens (primary N) is 1. The van der Waals surface area contributed by atoms with Gasteiger partial charge in [-0.15, -0.1) is 0 Å². The van der Waals surface area contributed by atoms with Crippen LogP contribution >= 0.6 is 22.6 Å². The smallest absolute Gasteiger partial charge is 0.122 e. The molecule has 0 spiro atoms. The lowest BCUT2D eigenvalue weighted by molar-refractivity contribution is 0.657. The van der Waals surface area contributed by atoms with E-state index < -0.39 is 5.83 Å². The first-order valence-corrected chi connectivity index (χ1v) is 6.16. The van der Waals surface area contributed by atoms with Crippen molar-refractivity contribution < 1.29 is 4.39 Å². The lowest BCUT2D eigenvalue weighted by Crippen LogP contribution is -2.14. The highest BCUT2D eigenvalue weighted by Crippen LogP contribution is 2.21. The number of pyridine rings is 1. The average molecular weight is 344 g/mol. The van der Waals surface area contributed by atoms with Gasteiger partial charge in [0.1, 0.15) is 5.83 Å². The molecule has 0 aliphatic rings. The van der Waals surface area contributed by atoms with Crippen LogP contribution in [0.3, 0.4) is 0 Å². The third-order valence-corrected chi connectivity index (χ3v) is 3.07. The molecule has 90 valence electrons. The van der Waals surface area contributed by atoms with Gasteiger partial charge < -0.3 is 5.73 Å². The minimum atomic E-state index is -0.405. The Morgan fingerprint density at radius 2 is 2.35 bits per heavy atom. The summed E-state index contributed by atoms with van der Waals surface area (Å²) in [5, 5.41) is 0. The lowest BCUT2D eigenvalue weighted by Gasteiger charge is -2.12. The number of nitrogens with zero attached hydrogens (tertiary/aromatic N) is 1. The standard InChI is InChI=1S/C13H14FIN2/c1-3-10(14)7-9(2)8-12(16)13-11(15)5-4-6-17-13/h3-7,12H,1-2,8,16H2/b10-7+/t12-/m0/s1. The van der Waals surface area contributed by atoms with Crippen LogP contribution in [0.25, 0.3) is 0 Å². The third kappa shape index (κ3) is 4.40. The van der Waals surface area contributed by atoms with Gasteiger partial charge in [-0.1, -0.05) is 18.7 Å². The first-order valence-electron chi connectivity index (χ1n) is 5.08. The van der Waals surface area contributed by atoms with Crippen LogP contribution in [0.1, 0.15) is 18.2 Å². The van der Waals surface area contributed by atoms with Crippen molar-refractivity contribution in [3.8, 4) is 0 Å². The largest absolute Gasteiger partial charge is 0.322 e. The Morgan fingerprint density at radius 3 is 2.94 bits per heavy atom. The van der Waals surface area contributed by atoms with Crippen LogP contribution < -0.4 is 5.73 Å². The number of aromatic nitrogens is 1. The van der Waals surface area contributed by atoms with Gasteiger partial charge in [-0.3, -0.25) is 4.98 Å². The van der Waals surface area contributed by atoms with Gasteiger partial charge in [0.2, 0.25) is 0 Å². The zero-order valence-corrected chi connectivity index (χ0v) is 11.5. The highest BCUT2D eigenvalue weighted by Gasteiger charge is 2.11. The van der Waals surface area contributed by atoms with Crippen LogP contribution in [0.2, 0.25) is 0 Å². The van der Waals surface area contributed by atoms with E-state index in [4.69, 9.17) is 5.73 Å². The fourth-order valence-electron chi connectivity index (χ4n) is 1.36. The predicted octanol–water partition coefficient (Wildman–Crippen LogP) is 3.67. The molecule has 2 N–H and O–H groups in total. The number of hydrogen-bond donors (Lipinski definition) is 1. The quantitative estimate of drug-likeness (QED) is 0.654. The number of hydrogen-bond acceptors (Lipinski definition) is 2. The molecule has 0 aliphatic heterocycles. The van der Waals surface area contributed by atoms with E-state index in [1.54, 1.807) is 6.20 Å². The second-order valence-corrected chi connectivity index (χ2v) is 4.73. The van der Waals surface area contributed by atoms with Crippen molar-refractivity contribution in [1.82, 2.24) is 4.98 Å². The molecule has 1 aromatic rings. The van der Waals surface area contributed by atoms with Gasteiger partial charge in [-0.2, -0.15) is 0 Å². The van der Waals surface area contributed by atoms with E-state index in [2.05, 4.69) is 40.7 Å². The lowest BCUT2D eigenvalue weighted by atomic mass is 10.0. The Morgan fingerprint density at radius 1 is 1.65 bits per heavy atom. The Balaban J connectivity index is 2.74. The Hall–Kier alpha value is -1.01. The zero-order chi connectivity index (χ0) is 12.8. The topological polar surface area (TPSA) is 38.9 Å². The van der Waals surface area contributed by atoms with Crippen LogP contribution in [0.5, 0.6) is 0 Å². The molecule has 0 aliphatic carbocycles. The minimum absolute atomic E-state index is 0.274. The summed E-state index contributed by atoms with van der Waals surface area (Å²) in [6.45, 7) is 7.10. The van der Waals surface area contributed by atoms with Crippen molar-refractivity contribution in [1.29, 1.82) is 0 Å². The molecule has 0 amide bonds. The molecule has 0 aromatic carbocycles. The zero-order valence-electron chi connectivity index (χ0n) is 9.37. The number of allylic oxidation sites excluding steroid dienone is 3.